The van der Waals surface area contributed by atoms with Crippen LogP contribution in [0.25, 0.3) is 0 Å². The first kappa shape index (κ1) is 21.0. The lowest BCUT2D eigenvalue weighted by Gasteiger charge is -2.13. The zero-order valence-corrected chi connectivity index (χ0v) is 16.2. The van der Waals surface area contributed by atoms with Gasteiger partial charge in [-0.2, -0.15) is 0 Å². The molecule has 0 radical (unpaired) electrons. The van der Waals surface area contributed by atoms with Crippen molar-refractivity contribution in [3.05, 3.63) is 59.7 Å². The van der Waals surface area contributed by atoms with Crippen LogP contribution in [0.3, 0.4) is 0 Å². The van der Waals surface area contributed by atoms with Gasteiger partial charge in [0.25, 0.3) is 5.91 Å². The van der Waals surface area contributed by atoms with Gasteiger partial charge in [0, 0.05) is 25.5 Å². The molecule has 0 spiro atoms. The Bertz CT molecular complexity index is 831. The van der Waals surface area contributed by atoms with E-state index in [1.165, 1.54) is 0 Å². The van der Waals surface area contributed by atoms with E-state index >= 15 is 0 Å². The van der Waals surface area contributed by atoms with Crippen molar-refractivity contribution in [1.82, 2.24) is 0 Å². The fourth-order valence-corrected chi connectivity index (χ4v) is 2.29. The van der Waals surface area contributed by atoms with Gasteiger partial charge in [-0.3, -0.25) is 4.79 Å². The number of ether oxygens (including phenoxy) is 2. The van der Waals surface area contributed by atoms with Gasteiger partial charge in [-0.25, -0.2) is 9.59 Å². The average molecular weight is 384 g/mol. The van der Waals surface area contributed by atoms with Gasteiger partial charge in [-0.1, -0.05) is 13.0 Å². The molecule has 0 bridgehead atoms. The van der Waals surface area contributed by atoms with Crippen molar-refractivity contribution in [2.24, 2.45) is 0 Å². The van der Waals surface area contributed by atoms with Gasteiger partial charge >= 0.3 is 11.9 Å². The Kier molecular flexibility index (Phi) is 7.56. The summed E-state index contributed by atoms with van der Waals surface area (Å²) in [5, 5.41) is 2.61. The molecular formula is C21H24N2O5. The Labute approximate surface area is 164 Å². The molecule has 1 amide bonds. The van der Waals surface area contributed by atoms with Crippen LogP contribution in [0.5, 0.6) is 0 Å². The summed E-state index contributed by atoms with van der Waals surface area (Å²) in [7, 11) is 3.74. The number of carbonyl (C=O) groups excluding carboxylic acids is 3. The lowest BCUT2D eigenvalue weighted by Crippen LogP contribution is -2.21. The van der Waals surface area contributed by atoms with Gasteiger partial charge in [-0.05, 0) is 48.9 Å². The highest BCUT2D eigenvalue weighted by Crippen LogP contribution is 2.14. The van der Waals surface area contributed by atoms with E-state index in [9.17, 15) is 14.4 Å². The lowest BCUT2D eigenvalue weighted by molar-refractivity contribution is -0.119. The Hall–Kier alpha value is -3.35. The normalized spacial score (nSPS) is 10.1. The molecule has 0 aromatic heterocycles. The molecule has 1 N–H and O–H groups in total. The zero-order valence-electron chi connectivity index (χ0n) is 16.2. The molecular weight excluding hydrogens is 360 g/mol. The predicted molar refractivity (Wildman–Crippen MR) is 107 cm³/mol. The van der Waals surface area contributed by atoms with Gasteiger partial charge in [0.2, 0.25) is 0 Å². The number of esters is 2. The summed E-state index contributed by atoms with van der Waals surface area (Å²) in [5.41, 5.74) is 2.12. The largest absolute Gasteiger partial charge is 0.462 e. The highest BCUT2D eigenvalue weighted by Gasteiger charge is 2.12. The summed E-state index contributed by atoms with van der Waals surface area (Å²) < 4.78 is 10.1. The first-order valence-corrected chi connectivity index (χ1v) is 8.92. The topological polar surface area (TPSA) is 84.9 Å². The molecule has 2 rings (SSSR count). The smallest absolute Gasteiger partial charge is 0.338 e. The molecule has 7 heteroatoms. The third-order valence-electron chi connectivity index (χ3n) is 3.77. The average Bonchev–Trinajstić information content (AvgIpc) is 2.70. The van der Waals surface area contributed by atoms with Crippen molar-refractivity contribution >= 4 is 29.2 Å². The second-order valence-corrected chi connectivity index (χ2v) is 6.28. The first-order valence-electron chi connectivity index (χ1n) is 8.92. The highest BCUT2D eigenvalue weighted by molar-refractivity contribution is 5.96. The molecule has 0 saturated heterocycles. The molecule has 0 fully saturated rings. The van der Waals surface area contributed by atoms with Crippen LogP contribution in [0, 0.1) is 0 Å². The molecule has 28 heavy (non-hydrogen) atoms. The Morgan fingerprint density at radius 3 is 2.25 bits per heavy atom. The molecule has 0 heterocycles. The Balaban J connectivity index is 1.86. The summed E-state index contributed by atoms with van der Waals surface area (Å²) >= 11 is 0. The molecule has 7 nitrogen and oxygen atoms in total. The third kappa shape index (κ3) is 6.12. The van der Waals surface area contributed by atoms with E-state index in [0.717, 1.165) is 12.1 Å². The molecule has 0 aliphatic heterocycles. The van der Waals surface area contributed by atoms with Gasteiger partial charge in [0.15, 0.2) is 6.61 Å². The molecule has 0 atom stereocenters. The molecule has 0 saturated carbocycles. The monoisotopic (exact) mass is 384 g/mol. The van der Waals surface area contributed by atoms with Crippen LogP contribution in [0.2, 0.25) is 0 Å². The molecule has 0 aliphatic carbocycles. The van der Waals surface area contributed by atoms with Gasteiger partial charge in [0.1, 0.15) is 0 Å². The van der Waals surface area contributed by atoms with Crippen molar-refractivity contribution in [3.63, 3.8) is 0 Å². The van der Waals surface area contributed by atoms with Crippen molar-refractivity contribution in [2.45, 2.75) is 13.3 Å². The summed E-state index contributed by atoms with van der Waals surface area (Å²) in [6.45, 7) is 1.86. The predicted octanol–water partition coefficient (Wildman–Crippen LogP) is 3.11. The van der Waals surface area contributed by atoms with Crippen molar-refractivity contribution in [1.29, 1.82) is 0 Å². The molecule has 148 valence electrons. The van der Waals surface area contributed by atoms with Crippen LogP contribution >= 0.6 is 0 Å². The van der Waals surface area contributed by atoms with Crippen LogP contribution in [0.1, 0.15) is 34.1 Å². The van der Waals surface area contributed by atoms with Crippen molar-refractivity contribution in [2.75, 3.05) is 37.5 Å². The fourth-order valence-electron chi connectivity index (χ4n) is 2.29. The number of amides is 1. The first-order chi connectivity index (χ1) is 13.4. The summed E-state index contributed by atoms with van der Waals surface area (Å²) in [6, 6.07) is 13.2. The van der Waals surface area contributed by atoms with E-state index in [1.807, 2.05) is 32.0 Å². The Morgan fingerprint density at radius 2 is 1.61 bits per heavy atom. The minimum atomic E-state index is -0.576. The fraction of sp³-hybridized carbons (Fsp3) is 0.286. The van der Waals surface area contributed by atoms with E-state index in [-0.39, 0.29) is 0 Å². The van der Waals surface area contributed by atoms with Crippen LogP contribution in [-0.2, 0) is 14.3 Å². The van der Waals surface area contributed by atoms with E-state index in [2.05, 4.69) is 5.32 Å². The van der Waals surface area contributed by atoms with Crippen LogP contribution < -0.4 is 10.2 Å². The molecule has 2 aromatic rings. The van der Waals surface area contributed by atoms with E-state index in [0.29, 0.717) is 23.4 Å². The van der Waals surface area contributed by atoms with E-state index < -0.39 is 24.5 Å². The molecule has 0 aliphatic rings. The molecule has 2 aromatic carbocycles. The number of nitrogens with zero attached hydrogens (tertiary/aromatic N) is 1. The maximum absolute atomic E-state index is 12.1. The van der Waals surface area contributed by atoms with Crippen LogP contribution in [0.4, 0.5) is 11.4 Å². The minimum absolute atomic E-state index is 0.361. The van der Waals surface area contributed by atoms with Gasteiger partial charge in [-0.15, -0.1) is 0 Å². The standard InChI is InChI=1S/C21H24N2O5/c1-4-12-27-20(25)15-8-10-17(11-9-15)22-19(24)14-28-21(26)16-6-5-7-18(13-16)23(2)3/h5-11,13H,4,12,14H2,1-3H3,(H,22,24). The molecule has 0 unspecified atom stereocenters. The second-order valence-electron chi connectivity index (χ2n) is 6.28. The minimum Gasteiger partial charge on any atom is -0.462 e. The number of hydrogen-bond donors (Lipinski definition) is 1. The second kappa shape index (κ2) is 10.1. The number of anilines is 2. The van der Waals surface area contributed by atoms with E-state index in [4.69, 9.17) is 9.47 Å². The maximum Gasteiger partial charge on any atom is 0.338 e. The number of carbonyl (C=O) groups is 3. The van der Waals surface area contributed by atoms with Crippen LogP contribution in [-0.4, -0.2) is 45.2 Å². The van der Waals surface area contributed by atoms with Gasteiger partial charge in [0.05, 0.1) is 17.7 Å². The van der Waals surface area contributed by atoms with E-state index in [1.54, 1.807) is 42.5 Å². The number of hydrogen-bond acceptors (Lipinski definition) is 6. The van der Waals surface area contributed by atoms with Crippen molar-refractivity contribution in [3.8, 4) is 0 Å². The number of rotatable bonds is 8. The summed E-state index contributed by atoms with van der Waals surface area (Å²) in [4.78, 5) is 37.7. The highest BCUT2D eigenvalue weighted by atomic mass is 16.5. The quantitative estimate of drug-likeness (QED) is 0.704. The lowest BCUT2D eigenvalue weighted by atomic mass is 10.2. The Morgan fingerprint density at radius 1 is 0.929 bits per heavy atom. The zero-order chi connectivity index (χ0) is 20.5. The number of nitrogens with one attached hydrogen (secondary N) is 1. The number of benzene rings is 2. The maximum atomic E-state index is 12.1. The SMILES string of the molecule is CCCOC(=O)c1ccc(NC(=O)COC(=O)c2cccc(N(C)C)c2)cc1. The van der Waals surface area contributed by atoms with Crippen LogP contribution in [0.15, 0.2) is 48.5 Å². The van der Waals surface area contributed by atoms with Gasteiger partial charge < -0.3 is 19.7 Å². The van der Waals surface area contributed by atoms with Crippen molar-refractivity contribution < 1.29 is 23.9 Å². The summed E-state index contributed by atoms with van der Waals surface area (Å²) in [5.74, 6) is -1.46. The third-order valence-corrected chi connectivity index (χ3v) is 3.77. The summed E-state index contributed by atoms with van der Waals surface area (Å²) in [6.07, 6.45) is 0.748.